The predicted molar refractivity (Wildman–Crippen MR) is 95.6 cm³/mol. The molecule has 0 bridgehead atoms. The van der Waals surface area contributed by atoms with Crippen LogP contribution in [-0.2, 0) is 14.0 Å². The Balaban J connectivity index is 2.52. The number of nitrogens with one attached hydrogen (secondary N) is 1. The number of methoxy groups -OCH3 is 1. The number of carbonyl (C=O) groups is 2. The maximum absolute atomic E-state index is 11.7. The Morgan fingerprint density at radius 1 is 1.21 bits per heavy atom. The van der Waals surface area contributed by atoms with Gasteiger partial charge in [0, 0.05) is 6.10 Å². The van der Waals surface area contributed by atoms with E-state index in [0.29, 0.717) is 12.3 Å². The van der Waals surface area contributed by atoms with Crippen molar-refractivity contribution in [1.29, 1.82) is 0 Å². The number of hydrogen-bond donors (Lipinski definition) is 2. The lowest BCUT2D eigenvalue weighted by Crippen LogP contribution is -2.45. The van der Waals surface area contributed by atoms with E-state index in [2.05, 4.69) is 39.2 Å². The van der Waals surface area contributed by atoms with Crippen LogP contribution in [0.5, 0.6) is 0 Å². The molecule has 1 rings (SSSR count). The van der Waals surface area contributed by atoms with Crippen molar-refractivity contribution in [2.24, 2.45) is 5.92 Å². The Morgan fingerprint density at radius 3 is 2.17 bits per heavy atom. The van der Waals surface area contributed by atoms with Gasteiger partial charge in [-0.3, -0.25) is 0 Å². The minimum atomic E-state index is -1.76. The third-order valence-electron chi connectivity index (χ3n) is 5.41. The van der Waals surface area contributed by atoms with E-state index in [-0.39, 0.29) is 11.1 Å². The minimum Gasteiger partial charge on any atom is -0.467 e. The molecule has 7 heteroatoms. The van der Waals surface area contributed by atoms with Crippen LogP contribution in [0, 0.1) is 5.92 Å². The second-order valence-corrected chi connectivity index (χ2v) is 13.0. The van der Waals surface area contributed by atoms with E-state index in [4.69, 9.17) is 14.3 Å². The lowest BCUT2D eigenvalue weighted by atomic mass is 9.83. The van der Waals surface area contributed by atoms with Gasteiger partial charge in [0.25, 0.3) is 0 Å². The zero-order valence-electron chi connectivity index (χ0n) is 15.8. The molecule has 2 N–H and O–H groups in total. The summed E-state index contributed by atoms with van der Waals surface area (Å²) in [7, 11) is -0.475. The molecule has 0 aliphatic heterocycles. The first-order valence-electron chi connectivity index (χ1n) is 8.71. The molecule has 0 heterocycles. The SMILES string of the molecule is COC(=O)[C@H](CC1CCC(O[Si](C)(C)C(C)(C)C)CC1)NC(=O)O. The molecule has 0 aromatic rings. The highest BCUT2D eigenvalue weighted by atomic mass is 28.4. The number of hydrogen-bond acceptors (Lipinski definition) is 4. The smallest absolute Gasteiger partial charge is 0.405 e. The molecule has 1 aliphatic rings. The van der Waals surface area contributed by atoms with Gasteiger partial charge in [-0.05, 0) is 56.2 Å². The van der Waals surface area contributed by atoms with Gasteiger partial charge in [0.2, 0.25) is 0 Å². The number of carboxylic acid groups (broad SMARTS) is 1. The van der Waals surface area contributed by atoms with Gasteiger partial charge in [0.15, 0.2) is 8.32 Å². The highest BCUT2D eigenvalue weighted by Crippen LogP contribution is 2.40. The summed E-state index contributed by atoms with van der Waals surface area (Å²) in [4.78, 5) is 22.6. The fourth-order valence-electron chi connectivity index (χ4n) is 2.92. The zero-order chi connectivity index (χ0) is 18.5. The van der Waals surface area contributed by atoms with Crippen LogP contribution in [0.2, 0.25) is 18.1 Å². The number of carbonyl (C=O) groups excluding carboxylic acids is 1. The Labute approximate surface area is 146 Å². The Morgan fingerprint density at radius 2 is 1.75 bits per heavy atom. The predicted octanol–water partition coefficient (Wildman–Crippen LogP) is 3.77. The molecular weight excluding hydrogens is 326 g/mol. The van der Waals surface area contributed by atoms with Crippen molar-refractivity contribution in [1.82, 2.24) is 5.32 Å². The monoisotopic (exact) mass is 359 g/mol. The molecule has 0 aromatic heterocycles. The standard InChI is InChI=1S/C17H33NO5Si/c1-17(2,3)24(5,6)23-13-9-7-12(8-10-13)11-14(15(19)22-4)18-16(20)21/h12-14,18H,7-11H2,1-6H3,(H,20,21)/t12?,13?,14-/m0/s1. The number of ether oxygens (including phenoxy) is 1. The molecule has 0 radical (unpaired) electrons. The van der Waals surface area contributed by atoms with Crippen LogP contribution in [0.25, 0.3) is 0 Å². The summed E-state index contributed by atoms with van der Waals surface area (Å²) in [5, 5.41) is 11.3. The second-order valence-electron chi connectivity index (χ2n) is 8.28. The summed E-state index contributed by atoms with van der Waals surface area (Å²) >= 11 is 0. The van der Waals surface area contributed by atoms with Gasteiger partial charge in [0.05, 0.1) is 7.11 Å². The fraction of sp³-hybridized carbons (Fsp3) is 0.882. The Hall–Kier alpha value is -1.08. The van der Waals surface area contributed by atoms with Crippen LogP contribution >= 0.6 is 0 Å². The van der Waals surface area contributed by atoms with Crippen LogP contribution in [0.1, 0.15) is 52.9 Å². The van der Waals surface area contributed by atoms with Gasteiger partial charge < -0.3 is 19.6 Å². The van der Waals surface area contributed by atoms with Crippen molar-refractivity contribution in [3.05, 3.63) is 0 Å². The van der Waals surface area contributed by atoms with Crippen LogP contribution < -0.4 is 5.32 Å². The van der Waals surface area contributed by atoms with E-state index in [1.54, 1.807) is 0 Å². The maximum Gasteiger partial charge on any atom is 0.405 e. The summed E-state index contributed by atoms with van der Waals surface area (Å²) in [5.74, 6) is -0.197. The number of rotatable bonds is 6. The summed E-state index contributed by atoms with van der Waals surface area (Å²) in [6.07, 6.45) is 3.43. The largest absolute Gasteiger partial charge is 0.467 e. The van der Waals surface area contributed by atoms with Crippen molar-refractivity contribution in [2.75, 3.05) is 7.11 Å². The zero-order valence-corrected chi connectivity index (χ0v) is 16.8. The van der Waals surface area contributed by atoms with E-state index in [1.165, 1.54) is 7.11 Å². The molecular formula is C17H33NO5Si. The molecule has 1 aliphatic carbocycles. The highest BCUT2D eigenvalue weighted by Gasteiger charge is 2.40. The summed E-state index contributed by atoms with van der Waals surface area (Å²) in [6.45, 7) is 11.3. The van der Waals surface area contributed by atoms with E-state index in [1.807, 2.05) is 0 Å². The van der Waals surface area contributed by atoms with E-state index in [9.17, 15) is 9.59 Å². The lowest BCUT2D eigenvalue weighted by Gasteiger charge is -2.41. The minimum absolute atomic E-state index is 0.200. The van der Waals surface area contributed by atoms with Crippen LogP contribution in [0.3, 0.4) is 0 Å². The molecule has 0 aromatic carbocycles. The Kier molecular flexibility index (Phi) is 7.28. The summed E-state index contributed by atoms with van der Waals surface area (Å²) in [5.41, 5.74) is 0. The van der Waals surface area contributed by atoms with Crippen molar-refractivity contribution in [2.45, 2.75) is 83.2 Å². The summed E-state index contributed by atoms with van der Waals surface area (Å²) in [6, 6.07) is -0.782. The lowest BCUT2D eigenvalue weighted by molar-refractivity contribution is -0.143. The maximum atomic E-state index is 11.7. The van der Waals surface area contributed by atoms with Crippen LogP contribution in [0.4, 0.5) is 4.79 Å². The molecule has 0 saturated heterocycles. The van der Waals surface area contributed by atoms with Gasteiger partial charge in [0.1, 0.15) is 6.04 Å². The van der Waals surface area contributed by atoms with Crippen molar-refractivity contribution >= 4 is 20.4 Å². The molecule has 140 valence electrons. The van der Waals surface area contributed by atoms with Crippen LogP contribution in [0.15, 0.2) is 0 Å². The van der Waals surface area contributed by atoms with E-state index >= 15 is 0 Å². The molecule has 0 unspecified atom stereocenters. The van der Waals surface area contributed by atoms with Gasteiger partial charge in [-0.1, -0.05) is 20.8 Å². The molecule has 0 spiro atoms. The van der Waals surface area contributed by atoms with E-state index < -0.39 is 26.4 Å². The van der Waals surface area contributed by atoms with Gasteiger partial charge in [-0.2, -0.15) is 0 Å². The molecule has 1 atom stereocenters. The first-order chi connectivity index (χ1) is 11.0. The van der Waals surface area contributed by atoms with E-state index in [0.717, 1.165) is 25.7 Å². The van der Waals surface area contributed by atoms with Gasteiger partial charge in [-0.15, -0.1) is 0 Å². The molecule has 24 heavy (non-hydrogen) atoms. The molecule has 1 saturated carbocycles. The first kappa shape index (κ1) is 21.0. The number of esters is 1. The van der Waals surface area contributed by atoms with Crippen LogP contribution in [-0.4, -0.2) is 44.7 Å². The van der Waals surface area contributed by atoms with Gasteiger partial charge in [-0.25, -0.2) is 9.59 Å². The third kappa shape index (κ3) is 6.09. The third-order valence-corrected chi connectivity index (χ3v) is 9.95. The highest BCUT2D eigenvalue weighted by molar-refractivity contribution is 6.74. The van der Waals surface area contributed by atoms with Crippen molar-refractivity contribution in [3.8, 4) is 0 Å². The fourth-order valence-corrected chi connectivity index (χ4v) is 4.34. The molecule has 1 fully saturated rings. The van der Waals surface area contributed by atoms with Crippen molar-refractivity contribution < 1.29 is 23.9 Å². The summed E-state index contributed by atoms with van der Waals surface area (Å²) < 4.78 is 11.2. The van der Waals surface area contributed by atoms with Crippen molar-refractivity contribution in [3.63, 3.8) is 0 Å². The topological polar surface area (TPSA) is 84.9 Å². The average Bonchev–Trinajstić information content (AvgIpc) is 2.45. The Bertz CT molecular complexity index is 439. The average molecular weight is 360 g/mol. The van der Waals surface area contributed by atoms with Gasteiger partial charge >= 0.3 is 12.1 Å². The molecule has 1 amide bonds. The quantitative estimate of drug-likeness (QED) is 0.557. The molecule has 6 nitrogen and oxygen atoms in total. The normalized spacial score (nSPS) is 23.4. The second kappa shape index (κ2) is 8.34. The first-order valence-corrected chi connectivity index (χ1v) is 11.6. The number of amides is 1.